The number of nitrogens with zero attached hydrogens (tertiary/aromatic N) is 2. The van der Waals surface area contributed by atoms with E-state index in [0.29, 0.717) is 42.8 Å². The van der Waals surface area contributed by atoms with Crippen molar-refractivity contribution < 1.29 is 29.3 Å². The van der Waals surface area contributed by atoms with Crippen LogP contribution in [0.5, 0.6) is 5.75 Å². The average Bonchev–Trinajstić information content (AvgIpc) is 3.03. The number of carbonyl (C=O) groups is 2. The van der Waals surface area contributed by atoms with E-state index in [1.807, 2.05) is 37.3 Å². The lowest BCUT2D eigenvalue weighted by Crippen LogP contribution is -2.48. The number of halogens is 1. The van der Waals surface area contributed by atoms with Gasteiger partial charge >= 0.3 is 5.97 Å². The predicted octanol–water partition coefficient (Wildman–Crippen LogP) is 5.25. The average molecular weight is 625 g/mol. The Labute approximate surface area is 265 Å². The maximum absolute atomic E-state index is 13.5. The number of esters is 1. The van der Waals surface area contributed by atoms with E-state index in [9.17, 15) is 19.8 Å². The van der Waals surface area contributed by atoms with Crippen LogP contribution in [0.1, 0.15) is 62.6 Å². The van der Waals surface area contributed by atoms with Crippen molar-refractivity contribution in [2.24, 2.45) is 17.8 Å². The highest BCUT2D eigenvalue weighted by Crippen LogP contribution is 2.45. The smallest absolute Gasteiger partial charge is 0.343 e. The number of aliphatic hydroxyl groups is 2. The second kappa shape index (κ2) is 13.5. The number of hydrogen-bond acceptors (Lipinski definition) is 7. The van der Waals surface area contributed by atoms with Gasteiger partial charge in [-0.1, -0.05) is 42.8 Å². The number of rotatable bonds is 1. The van der Waals surface area contributed by atoms with Gasteiger partial charge in [0.15, 0.2) is 5.60 Å². The molecule has 1 saturated carbocycles. The van der Waals surface area contributed by atoms with Crippen molar-refractivity contribution in [2.75, 3.05) is 32.1 Å². The fourth-order valence-corrected chi connectivity index (χ4v) is 7.12. The molecule has 5 rings (SSSR count). The molecule has 2 N–H and O–H groups in total. The predicted molar refractivity (Wildman–Crippen MR) is 171 cm³/mol. The number of ether oxygens (including phenoxy) is 2. The molecule has 238 valence electrons. The summed E-state index contributed by atoms with van der Waals surface area (Å²) in [6.07, 6.45) is 6.93. The largest absolute Gasteiger partial charge is 0.487 e. The third-order valence-corrected chi connectivity index (χ3v) is 10.3. The maximum atomic E-state index is 13.5. The molecule has 1 aliphatic carbocycles. The van der Waals surface area contributed by atoms with Gasteiger partial charge in [-0.05, 0) is 97.7 Å². The molecule has 1 amide bonds. The van der Waals surface area contributed by atoms with Crippen LogP contribution < -0.4 is 9.64 Å². The first kappa shape index (κ1) is 32.3. The van der Waals surface area contributed by atoms with Crippen molar-refractivity contribution in [3.8, 4) is 5.75 Å². The summed E-state index contributed by atoms with van der Waals surface area (Å²) < 4.78 is 11.5. The molecule has 1 fully saturated rings. The molecule has 9 heteroatoms. The molecule has 2 aromatic carbocycles. The summed E-state index contributed by atoms with van der Waals surface area (Å²) in [5.74, 6) is 0.104. The molecule has 6 atom stereocenters. The van der Waals surface area contributed by atoms with Gasteiger partial charge in [-0.3, -0.25) is 4.79 Å². The van der Waals surface area contributed by atoms with E-state index in [1.165, 1.54) is 12.0 Å². The number of aryl methyl sites for hydroxylation is 1. The Morgan fingerprint density at radius 1 is 1.11 bits per heavy atom. The fourth-order valence-electron chi connectivity index (χ4n) is 6.93. The van der Waals surface area contributed by atoms with Gasteiger partial charge in [0.1, 0.15) is 12.4 Å². The van der Waals surface area contributed by atoms with E-state index >= 15 is 0 Å². The summed E-state index contributed by atoms with van der Waals surface area (Å²) in [6.45, 7) is 5.87. The normalized spacial score (nSPS) is 30.5. The van der Waals surface area contributed by atoms with Crippen molar-refractivity contribution in [3.05, 3.63) is 70.3 Å². The van der Waals surface area contributed by atoms with Gasteiger partial charge in [0, 0.05) is 31.2 Å². The molecule has 2 heterocycles. The number of anilines is 1. The third-order valence-electron chi connectivity index (χ3n) is 10.0. The molecule has 0 radical (unpaired) electrons. The summed E-state index contributed by atoms with van der Waals surface area (Å²) in [7, 11) is 2.88. The second-order valence-corrected chi connectivity index (χ2v) is 13.3. The molecule has 0 spiro atoms. The van der Waals surface area contributed by atoms with Crippen molar-refractivity contribution in [2.45, 2.75) is 76.7 Å². The minimum atomic E-state index is -2.19. The fraction of sp³-hybridized carbons (Fsp3) is 0.543. The lowest BCUT2D eigenvalue weighted by molar-refractivity contribution is -0.168. The number of aliphatic hydroxyl groups excluding tert-OH is 1. The number of benzene rings is 2. The van der Waals surface area contributed by atoms with E-state index in [4.69, 9.17) is 21.1 Å². The highest BCUT2D eigenvalue weighted by molar-refractivity contribution is 6.30. The topological polar surface area (TPSA) is 99.5 Å². The van der Waals surface area contributed by atoms with E-state index in [-0.39, 0.29) is 29.3 Å². The molecule has 2 aliphatic heterocycles. The minimum absolute atomic E-state index is 0.105. The zero-order valence-corrected chi connectivity index (χ0v) is 26.9. The number of amides is 1. The molecule has 0 saturated heterocycles. The van der Waals surface area contributed by atoms with Crippen LogP contribution in [-0.2, 0) is 33.0 Å². The van der Waals surface area contributed by atoms with E-state index < -0.39 is 24.1 Å². The lowest BCUT2D eigenvalue weighted by atomic mass is 9.63. The number of carbonyl (C=O) groups excluding carboxylic acids is 2. The van der Waals surface area contributed by atoms with Crippen LogP contribution in [0, 0.1) is 17.8 Å². The van der Waals surface area contributed by atoms with E-state index in [1.54, 1.807) is 25.2 Å². The molecule has 0 aromatic heterocycles. The molecular formula is C35H45ClN2O6. The lowest BCUT2D eigenvalue weighted by Gasteiger charge is -2.47. The highest BCUT2D eigenvalue weighted by Gasteiger charge is 2.45. The van der Waals surface area contributed by atoms with Crippen LogP contribution in [0.25, 0.3) is 0 Å². The number of hydrogen-bond donors (Lipinski definition) is 2. The first-order valence-corrected chi connectivity index (χ1v) is 16.1. The summed E-state index contributed by atoms with van der Waals surface area (Å²) in [5, 5.41) is 23.8. The standard InChI is InChI=1S/C35H45ClN2O6/c1-22-16-28-29(22)20-38-15-6-5-9-24-17-27(36)13-11-25(24)21-44-32-14-12-26(18-30(32)38)35(42,34(41)43-4)19-33(40)37(3)23(2)8-7-10-31(28)39/h7,10-14,17-18,22-23,28-29,31,39,42H,5-6,8-9,15-16,19-21H2,1-4H3/b10-7+/t22-,23+,28-,29-,31+,35-/m1/s1. The Bertz CT molecular complexity index is 1400. The summed E-state index contributed by atoms with van der Waals surface area (Å²) in [4.78, 5) is 30.5. The first-order valence-electron chi connectivity index (χ1n) is 15.7. The van der Waals surface area contributed by atoms with E-state index in [2.05, 4.69) is 11.8 Å². The van der Waals surface area contributed by atoms with Crippen LogP contribution in [-0.4, -0.2) is 66.4 Å². The maximum Gasteiger partial charge on any atom is 0.343 e. The minimum Gasteiger partial charge on any atom is -0.487 e. The van der Waals surface area contributed by atoms with Gasteiger partial charge in [-0.15, -0.1) is 0 Å². The van der Waals surface area contributed by atoms with Crippen molar-refractivity contribution in [1.82, 2.24) is 4.90 Å². The van der Waals surface area contributed by atoms with Crippen molar-refractivity contribution >= 4 is 29.2 Å². The van der Waals surface area contributed by atoms with Gasteiger partial charge in [-0.2, -0.15) is 0 Å². The quantitative estimate of drug-likeness (QED) is 0.330. The molecule has 2 bridgehead atoms. The van der Waals surface area contributed by atoms with Crippen LogP contribution in [0.2, 0.25) is 5.02 Å². The zero-order chi connectivity index (χ0) is 31.6. The Hall–Kier alpha value is -3.07. The van der Waals surface area contributed by atoms with Crippen LogP contribution in [0.3, 0.4) is 0 Å². The zero-order valence-electron chi connectivity index (χ0n) is 26.2. The molecule has 8 nitrogen and oxygen atoms in total. The summed E-state index contributed by atoms with van der Waals surface area (Å²) in [5.41, 5.74) is 1.05. The molecule has 2 aromatic rings. The molecular weight excluding hydrogens is 580 g/mol. The van der Waals surface area contributed by atoms with Gasteiger partial charge < -0.3 is 29.5 Å². The van der Waals surface area contributed by atoms with Crippen LogP contribution in [0.4, 0.5) is 5.69 Å². The highest BCUT2D eigenvalue weighted by atomic mass is 35.5. The van der Waals surface area contributed by atoms with Gasteiger partial charge in [0.2, 0.25) is 5.91 Å². The molecule has 3 aliphatic rings. The van der Waals surface area contributed by atoms with Gasteiger partial charge in [0.25, 0.3) is 0 Å². The summed E-state index contributed by atoms with van der Waals surface area (Å²) in [6, 6.07) is 10.9. The Morgan fingerprint density at radius 2 is 1.91 bits per heavy atom. The first-order chi connectivity index (χ1) is 21.0. The molecule has 0 unspecified atom stereocenters. The van der Waals surface area contributed by atoms with E-state index in [0.717, 1.165) is 42.5 Å². The van der Waals surface area contributed by atoms with Crippen LogP contribution >= 0.6 is 11.6 Å². The Balaban J connectivity index is 1.62. The second-order valence-electron chi connectivity index (χ2n) is 12.9. The van der Waals surface area contributed by atoms with Gasteiger partial charge in [0.05, 0.1) is 25.3 Å². The third kappa shape index (κ3) is 6.63. The Morgan fingerprint density at radius 3 is 2.66 bits per heavy atom. The van der Waals surface area contributed by atoms with Crippen LogP contribution in [0.15, 0.2) is 48.6 Å². The SMILES string of the molecule is COC(=O)[C@@]1(O)CC(=O)N(C)[C@@H](C)C/C=C/[C@H](O)[C@@H]2C[C@@H](C)[C@H]2CN2CCCCc3cc(Cl)ccc3COc3ccc1cc32. The Kier molecular flexibility index (Phi) is 9.93. The van der Waals surface area contributed by atoms with Gasteiger partial charge in [-0.25, -0.2) is 4.79 Å². The summed E-state index contributed by atoms with van der Waals surface area (Å²) >= 11 is 6.34. The van der Waals surface area contributed by atoms with Crippen molar-refractivity contribution in [3.63, 3.8) is 0 Å². The number of fused-ring (bicyclic) bond motifs is 3. The monoisotopic (exact) mass is 624 g/mol. The molecule has 44 heavy (non-hydrogen) atoms. The number of methoxy groups -OCH3 is 1. The van der Waals surface area contributed by atoms with Crippen molar-refractivity contribution in [1.29, 1.82) is 0 Å².